The minimum absolute atomic E-state index is 0.128. The predicted octanol–water partition coefficient (Wildman–Crippen LogP) is 0.479. The molecular formula is C12H19N3O3S. The molecule has 0 aliphatic carbocycles. The first-order chi connectivity index (χ1) is 8.69. The highest BCUT2D eigenvalue weighted by atomic mass is 32.2. The van der Waals surface area contributed by atoms with Crippen molar-refractivity contribution in [1.29, 1.82) is 0 Å². The molecule has 1 saturated heterocycles. The lowest BCUT2D eigenvalue weighted by molar-refractivity contribution is -0.122. The maximum Gasteiger partial charge on any atom is 0.238 e. The molecule has 2 rings (SSSR count). The molecule has 0 aromatic carbocycles. The standard InChI is InChI=1S/C12H19N3O3S/c1-7-8(2)13-9(3)15-6-10(5-11(7)15)12(16)14-19(4,17)18/h8,10H,5-6H2,1-4H3,(H,14,16). The summed E-state index contributed by atoms with van der Waals surface area (Å²) in [5, 5.41) is 0. The van der Waals surface area contributed by atoms with Gasteiger partial charge in [0.25, 0.3) is 0 Å². The Hall–Kier alpha value is -1.37. The van der Waals surface area contributed by atoms with E-state index >= 15 is 0 Å². The monoisotopic (exact) mass is 285 g/mol. The summed E-state index contributed by atoms with van der Waals surface area (Å²) in [4.78, 5) is 18.4. The van der Waals surface area contributed by atoms with E-state index in [-0.39, 0.29) is 12.0 Å². The maximum atomic E-state index is 11.9. The quantitative estimate of drug-likeness (QED) is 0.800. The fourth-order valence-electron chi connectivity index (χ4n) is 2.57. The molecule has 2 aliphatic rings. The van der Waals surface area contributed by atoms with E-state index in [2.05, 4.69) is 9.71 Å². The zero-order valence-electron chi connectivity index (χ0n) is 11.6. The highest BCUT2D eigenvalue weighted by molar-refractivity contribution is 7.89. The van der Waals surface area contributed by atoms with Crippen LogP contribution in [0.15, 0.2) is 16.3 Å². The summed E-state index contributed by atoms with van der Waals surface area (Å²) in [6, 6.07) is 0.128. The van der Waals surface area contributed by atoms with Crippen molar-refractivity contribution in [2.75, 3.05) is 12.8 Å². The average molecular weight is 285 g/mol. The number of hydrogen-bond donors (Lipinski definition) is 1. The van der Waals surface area contributed by atoms with Crippen LogP contribution in [-0.2, 0) is 14.8 Å². The summed E-state index contributed by atoms with van der Waals surface area (Å²) >= 11 is 0. The van der Waals surface area contributed by atoms with Crippen molar-refractivity contribution in [2.24, 2.45) is 10.9 Å². The van der Waals surface area contributed by atoms with Crippen molar-refractivity contribution in [3.8, 4) is 0 Å². The number of carbonyl (C=O) groups is 1. The molecule has 2 atom stereocenters. The second-order valence-electron chi connectivity index (χ2n) is 5.23. The summed E-state index contributed by atoms with van der Waals surface area (Å²) in [5.41, 5.74) is 2.26. The first-order valence-electron chi connectivity index (χ1n) is 6.22. The van der Waals surface area contributed by atoms with Crippen molar-refractivity contribution in [2.45, 2.75) is 33.2 Å². The van der Waals surface area contributed by atoms with Gasteiger partial charge in [0.15, 0.2) is 0 Å². The molecule has 6 nitrogen and oxygen atoms in total. The number of amides is 1. The van der Waals surface area contributed by atoms with E-state index < -0.39 is 15.9 Å². The van der Waals surface area contributed by atoms with Gasteiger partial charge in [0.1, 0.15) is 5.84 Å². The van der Waals surface area contributed by atoms with Crippen LogP contribution in [0.5, 0.6) is 0 Å². The minimum atomic E-state index is -3.50. The molecular weight excluding hydrogens is 266 g/mol. The number of fused-ring (bicyclic) bond motifs is 1. The molecule has 106 valence electrons. The van der Waals surface area contributed by atoms with Crippen LogP contribution in [0.25, 0.3) is 0 Å². The number of amidine groups is 1. The number of allylic oxidation sites excluding steroid dienone is 1. The molecule has 2 aliphatic heterocycles. The topological polar surface area (TPSA) is 78.8 Å². The Morgan fingerprint density at radius 3 is 2.63 bits per heavy atom. The van der Waals surface area contributed by atoms with Gasteiger partial charge in [0.2, 0.25) is 15.9 Å². The number of aliphatic imine (C=N–C) groups is 1. The lowest BCUT2D eigenvalue weighted by Crippen LogP contribution is -2.37. The zero-order valence-corrected chi connectivity index (χ0v) is 12.4. The van der Waals surface area contributed by atoms with Crippen LogP contribution in [0, 0.1) is 5.92 Å². The molecule has 1 N–H and O–H groups in total. The number of hydrogen-bond acceptors (Lipinski definition) is 5. The fraction of sp³-hybridized carbons (Fsp3) is 0.667. The summed E-state index contributed by atoms with van der Waals surface area (Å²) in [6.45, 7) is 6.45. The van der Waals surface area contributed by atoms with Crippen LogP contribution < -0.4 is 4.72 Å². The van der Waals surface area contributed by atoms with Gasteiger partial charge >= 0.3 is 0 Å². The van der Waals surface area contributed by atoms with Crippen LogP contribution in [0.2, 0.25) is 0 Å². The summed E-state index contributed by atoms with van der Waals surface area (Å²) < 4.78 is 24.3. The Morgan fingerprint density at radius 2 is 2.05 bits per heavy atom. The number of sulfonamides is 1. The van der Waals surface area contributed by atoms with Crippen LogP contribution in [0.4, 0.5) is 0 Å². The minimum Gasteiger partial charge on any atom is -0.333 e. The Kier molecular flexibility index (Phi) is 3.42. The van der Waals surface area contributed by atoms with Crippen LogP contribution in [0.1, 0.15) is 27.2 Å². The van der Waals surface area contributed by atoms with Gasteiger partial charge in [-0.15, -0.1) is 0 Å². The highest BCUT2D eigenvalue weighted by Crippen LogP contribution is 2.34. The molecule has 0 aromatic rings. The molecule has 19 heavy (non-hydrogen) atoms. The summed E-state index contributed by atoms with van der Waals surface area (Å²) in [6.07, 6.45) is 1.57. The summed E-state index contributed by atoms with van der Waals surface area (Å²) in [5.74, 6) is 0.121. The molecule has 2 heterocycles. The van der Waals surface area contributed by atoms with Crippen LogP contribution in [-0.4, -0.2) is 43.9 Å². The summed E-state index contributed by atoms with van der Waals surface area (Å²) in [7, 11) is -3.50. The van der Waals surface area contributed by atoms with Gasteiger partial charge in [-0.25, -0.2) is 8.42 Å². The molecule has 2 unspecified atom stereocenters. The predicted molar refractivity (Wildman–Crippen MR) is 73.1 cm³/mol. The molecule has 0 aromatic heterocycles. The van der Waals surface area contributed by atoms with E-state index in [0.29, 0.717) is 13.0 Å². The molecule has 7 heteroatoms. The average Bonchev–Trinajstić information content (AvgIpc) is 2.69. The van der Waals surface area contributed by atoms with Crippen molar-refractivity contribution in [3.05, 3.63) is 11.3 Å². The Morgan fingerprint density at radius 1 is 1.42 bits per heavy atom. The van der Waals surface area contributed by atoms with E-state index in [1.54, 1.807) is 0 Å². The van der Waals surface area contributed by atoms with Gasteiger partial charge in [0.05, 0.1) is 18.2 Å². The first kappa shape index (κ1) is 14.0. The highest BCUT2D eigenvalue weighted by Gasteiger charge is 2.37. The van der Waals surface area contributed by atoms with Gasteiger partial charge in [-0.3, -0.25) is 14.5 Å². The van der Waals surface area contributed by atoms with Crippen molar-refractivity contribution < 1.29 is 13.2 Å². The number of rotatable bonds is 2. The zero-order chi connectivity index (χ0) is 14.4. The SMILES string of the molecule is CC1=NC(C)C(C)=C2CC(C(=O)NS(C)(=O)=O)CN12. The van der Waals surface area contributed by atoms with Gasteiger partial charge in [-0.05, 0) is 26.3 Å². The molecule has 1 amide bonds. The number of carbonyl (C=O) groups excluding carboxylic acids is 1. The van der Waals surface area contributed by atoms with Crippen molar-refractivity contribution >= 4 is 21.8 Å². The Balaban J connectivity index is 2.20. The molecule has 1 fully saturated rings. The Labute approximate surface area is 113 Å². The molecule has 0 bridgehead atoms. The van der Waals surface area contributed by atoms with Crippen molar-refractivity contribution in [1.82, 2.24) is 9.62 Å². The van der Waals surface area contributed by atoms with Crippen LogP contribution >= 0.6 is 0 Å². The Bertz CT molecular complexity index is 577. The second-order valence-corrected chi connectivity index (χ2v) is 6.98. The van der Waals surface area contributed by atoms with Gasteiger partial charge in [0, 0.05) is 18.7 Å². The van der Waals surface area contributed by atoms with Crippen molar-refractivity contribution in [3.63, 3.8) is 0 Å². The normalized spacial score (nSPS) is 27.2. The largest absolute Gasteiger partial charge is 0.333 e. The fourth-order valence-corrected chi connectivity index (χ4v) is 3.10. The first-order valence-corrected chi connectivity index (χ1v) is 8.11. The smallest absolute Gasteiger partial charge is 0.238 e. The third kappa shape index (κ3) is 2.80. The van der Waals surface area contributed by atoms with E-state index in [0.717, 1.165) is 23.4 Å². The van der Waals surface area contributed by atoms with Gasteiger partial charge in [-0.1, -0.05) is 0 Å². The van der Waals surface area contributed by atoms with Gasteiger partial charge < -0.3 is 4.90 Å². The molecule has 0 saturated carbocycles. The van der Waals surface area contributed by atoms with E-state index in [9.17, 15) is 13.2 Å². The molecule has 0 radical (unpaired) electrons. The van der Waals surface area contributed by atoms with E-state index in [4.69, 9.17) is 0 Å². The van der Waals surface area contributed by atoms with E-state index in [1.165, 1.54) is 0 Å². The number of nitrogens with one attached hydrogen (secondary N) is 1. The molecule has 0 spiro atoms. The van der Waals surface area contributed by atoms with Crippen LogP contribution in [0.3, 0.4) is 0 Å². The lowest BCUT2D eigenvalue weighted by Gasteiger charge is -2.28. The van der Waals surface area contributed by atoms with E-state index in [1.807, 2.05) is 25.7 Å². The van der Waals surface area contributed by atoms with Gasteiger partial charge in [-0.2, -0.15) is 0 Å². The maximum absolute atomic E-state index is 11.9. The third-order valence-electron chi connectivity index (χ3n) is 3.68. The lowest BCUT2D eigenvalue weighted by atomic mass is 10.0. The second kappa shape index (κ2) is 4.63. The number of nitrogens with zero attached hydrogens (tertiary/aromatic N) is 2. The third-order valence-corrected chi connectivity index (χ3v) is 4.25.